The molecule has 0 radical (unpaired) electrons. The molecule has 0 saturated heterocycles. The number of halogens is 3. The summed E-state index contributed by atoms with van der Waals surface area (Å²) in [6.45, 7) is 0.318. The molecule has 3 aromatic heterocycles. The van der Waals surface area contributed by atoms with Gasteiger partial charge < -0.3 is 23.6 Å². The maximum absolute atomic E-state index is 15.1. The fraction of sp³-hybridized carbons (Fsp3) is 0.433. The second-order valence-electron chi connectivity index (χ2n) is 11.6. The number of aromatic nitrogens is 4. The first kappa shape index (κ1) is 28.2. The summed E-state index contributed by atoms with van der Waals surface area (Å²) < 4.78 is 38.4. The number of hydrogen-bond acceptors (Lipinski definition) is 9. The summed E-state index contributed by atoms with van der Waals surface area (Å²) in [5, 5.41) is 18.6. The quantitative estimate of drug-likeness (QED) is 0.200. The zero-order chi connectivity index (χ0) is 29.9. The van der Waals surface area contributed by atoms with Crippen LogP contribution in [0.5, 0.6) is 5.75 Å². The van der Waals surface area contributed by atoms with Gasteiger partial charge in [-0.3, -0.25) is 4.98 Å². The lowest BCUT2D eigenvalue weighted by Gasteiger charge is -2.51. The van der Waals surface area contributed by atoms with Crippen molar-refractivity contribution < 1.29 is 32.8 Å². The molecule has 43 heavy (non-hydrogen) atoms. The van der Waals surface area contributed by atoms with Crippen molar-refractivity contribution in [2.45, 2.75) is 74.9 Å². The summed E-state index contributed by atoms with van der Waals surface area (Å²) in [5.41, 5.74) is 0.750. The molecule has 0 unspecified atom stereocenters. The molecule has 0 spiro atoms. The van der Waals surface area contributed by atoms with E-state index < -0.39 is 17.3 Å². The smallest absolute Gasteiger partial charge is 0.338 e. The number of carboxylic acids is 1. The van der Waals surface area contributed by atoms with Crippen molar-refractivity contribution in [3.8, 4) is 28.4 Å². The van der Waals surface area contributed by atoms with Gasteiger partial charge >= 0.3 is 5.97 Å². The average molecular weight is 629 g/mol. The molecule has 8 rings (SSSR count). The number of nitrogens with zero attached hydrogens (tertiary/aromatic N) is 4. The average Bonchev–Trinajstić information content (AvgIpc) is 3.57. The standard InChI is InChI=1S/C30H27Cl2FN4O6/c1-40-16-10-17(23(33)18(11-16)27(38)39)26-35-28(43-37-26)29-4-7-30(8-5-29,9-6-29)41-14-19-24(36-42-25(19)15-2-3-15)22-20(31)12-34-13-21(22)32/h10-13,15H,2-9,14H2,1H3,(H,38,39). The van der Waals surface area contributed by atoms with Crippen LogP contribution in [0.15, 0.2) is 33.6 Å². The summed E-state index contributed by atoms with van der Waals surface area (Å²) in [4.78, 5) is 20.2. The van der Waals surface area contributed by atoms with Crippen molar-refractivity contribution in [3.63, 3.8) is 0 Å². The molecule has 0 amide bonds. The monoisotopic (exact) mass is 628 g/mol. The Morgan fingerprint density at radius 1 is 1.07 bits per heavy atom. The van der Waals surface area contributed by atoms with E-state index in [-0.39, 0.29) is 28.2 Å². The molecule has 4 aliphatic rings. The Balaban J connectivity index is 1.10. The van der Waals surface area contributed by atoms with E-state index in [0.717, 1.165) is 68.8 Å². The van der Waals surface area contributed by atoms with Crippen molar-refractivity contribution in [1.29, 1.82) is 0 Å². The maximum atomic E-state index is 15.1. The summed E-state index contributed by atoms with van der Waals surface area (Å²) in [6.07, 6.45) is 9.74. The first-order valence-corrected chi connectivity index (χ1v) is 14.9. The third kappa shape index (κ3) is 4.87. The molecule has 10 nitrogen and oxygen atoms in total. The highest BCUT2D eigenvalue weighted by atomic mass is 35.5. The van der Waals surface area contributed by atoms with E-state index >= 15 is 4.39 Å². The number of hydrogen-bond donors (Lipinski definition) is 1. The number of pyridine rings is 1. The van der Waals surface area contributed by atoms with E-state index in [2.05, 4.69) is 20.3 Å². The molecule has 4 saturated carbocycles. The van der Waals surface area contributed by atoms with Crippen LogP contribution in [-0.2, 0) is 16.8 Å². The molecule has 4 aliphatic carbocycles. The second kappa shape index (κ2) is 10.6. The molecule has 1 N–H and O–H groups in total. The van der Waals surface area contributed by atoms with Gasteiger partial charge in [-0.15, -0.1) is 0 Å². The van der Waals surface area contributed by atoms with Crippen LogP contribution < -0.4 is 4.74 Å². The highest BCUT2D eigenvalue weighted by molar-refractivity contribution is 6.38. The van der Waals surface area contributed by atoms with Crippen LogP contribution in [0.1, 0.15) is 84.9 Å². The zero-order valence-electron chi connectivity index (χ0n) is 23.2. The first-order chi connectivity index (χ1) is 20.7. The normalized spacial score (nSPS) is 23.1. The van der Waals surface area contributed by atoms with Crippen molar-refractivity contribution in [1.82, 2.24) is 20.3 Å². The van der Waals surface area contributed by atoms with Gasteiger partial charge in [0.25, 0.3) is 0 Å². The first-order valence-electron chi connectivity index (χ1n) is 14.1. The fourth-order valence-electron chi connectivity index (χ4n) is 6.46. The van der Waals surface area contributed by atoms with Gasteiger partial charge in [-0.25, -0.2) is 9.18 Å². The lowest BCUT2D eigenvalue weighted by molar-refractivity contribution is -0.130. The van der Waals surface area contributed by atoms with Crippen LogP contribution in [0.25, 0.3) is 22.6 Å². The van der Waals surface area contributed by atoms with E-state index in [1.165, 1.54) is 25.6 Å². The molecule has 4 aromatic rings. The topological polar surface area (TPSA) is 134 Å². The van der Waals surface area contributed by atoms with Gasteiger partial charge in [0, 0.05) is 29.4 Å². The second-order valence-corrected chi connectivity index (χ2v) is 12.5. The molecule has 4 fully saturated rings. The van der Waals surface area contributed by atoms with E-state index in [4.69, 9.17) is 41.7 Å². The Morgan fingerprint density at radius 3 is 2.40 bits per heavy atom. The lowest BCUT2D eigenvalue weighted by Crippen LogP contribution is -2.49. The van der Waals surface area contributed by atoms with Gasteiger partial charge in [0.1, 0.15) is 23.0 Å². The van der Waals surface area contributed by atoms with Gasteiger partial charge in [0.05, 0.1) is 45.9 Å². The van der Waals surface area contributed by atoms with Crippen molar-refractivity contribution >= 4 is 29.2 Å². The Kier molecular flexibility index (Phi) is 6.94. The maximum Gasteiger partial charge on any atom is 0.338 e. The number of aromatic carboxylic acids is 1. The van der Waals surface area contributed by atoms with Crippen LogP contribution in [0.2, 0.25) is 10.0 Å². The minimum absolute atomic E-state index is 0.0111. The molecule has 0 atom stereocenters. The highest BCUT2D eigenvalue weighted by Crippen LogP contribution is 2.55. The van der Waals surface area contributed by atoms with Crippen LogP contribution in [0.3, 0.4) is 0 Å². The molecule has 1 aromatic carbocycles. The molecule has 0 aliphatic heterocycles. The predicted octanol–water partition coefficient (Wildman–Crippen LogP) is 7.38. The SMILES string of the molecule is COc1cc(C(=O)O)c(F)c(-c2noc(C34CCC(OCc5c(-c6c(Cl)cncc6Cl)noc5C5CC5)(CC3)CC4)n2)c1. The molecule has 2 bridgehead atoms. The van der Waals surface area contributed by atoms with Crippen LogP contribution in [0, 0.1) is 5.82 Å². The summed E-state index contributed by atoms with van der Waals surface area (Å²) in [5.74, 6) is -0.612. The Morgan fingerprint density at radius 2 is 1.77 bits per heavy atom. The van der Waals surface area contributed by atoms with Crippen LogP contribution in [-0.4, -0.2) is 44.1 Å². The Labute approximate surface area is 255 Å². The Bertz CT molecular complexity index is 1690. The van der Waals surface area contributed by atoms with Crippen molar-refractivity contribution in [3.05, 3.63) is 63.2 Å². The van der Waals surface area contributed by atoms with Gasteiger partial charge in [-0.05, 0) is 63.5 Å². The molecule has 3 heterocycles. The van der Waals surface area contributed by atoms with E-state index in [1.54, 1.807) is 0 Å². The summed E-state index contributed by atoms with van der Waals surface area (Å²) >= 11 is 12.9. The summed E-state index contributed by atoms with van der Waals surface area (Å²) in [6, 6.07) is 2.50. The largest absolute Gasteiger partial charge is 0.497 e. The van der Waals surface area contributed by atoms with Crippen LogP contribution in [0.4, 0.5) is 4.39 Å². The lowest BCUT2D eigenvalue weighted by atomic mass is 9.58. The van der Waals surface area contributed by atoms with Gasteiger partial charge in [-0.2, -0.15) is 4.98 Å². The third-order valence-electron chi connectivity index (χ3n) is 9.19. The number of carboxylic acid groups (broad SMARTS) is 1. The molecular weight excluding hydrogens is 602 g/mol. The number of benzene rings is 1. The van der Waals surface area contributed by atoms with Crippen LogP contribution >= 0.6 is 23.2 Å². The number of carbonyl (C=O) groups is 1. The molecule has 13 heteroatoms. The number of fused-ring (bicyclic) bond motifs is 3. The number of methoxy groups -OCH3 is 1. The predicted molar refractivity (Wildman–Crippen MR) is 152 cm³/mol. The Hall–Kier alpha value is -3.54. The highest BCUT2D eigenvalue weighted by Gasteiger charge is 2.53. The van der Waals surface area contributed by atoms with E-state index in [0.29, 0.717) is 39.7 Å². The minimum Gasteiger partial charge on any atom is -0.497 e. The van der Waals surface area contributed by atoms with E-state index in [1.807, 2.05) is 0 Å². The number of rotatable bonds is 9. The zero-order valence-corrected chi connectivity index (χ0v) is 24.7. The van der Waals surface area contributed by atoms with Gasteiger partial charge in [-0.1, -0.05) is 33.5 Å². The molecule has 224 valence electrons. The fourth-order valence-corrected chi connectivity index (χ4v) is 7.00. The summed E-state index contributed by atoms with van der Waals surface area (Å²) in [7, 11) is 1.38. The van der Waals surface area contributed by atoms with Crippen molar-refractivity contribution in [2.75, 3.05) is 7.11 Å². The van der Waals surface area contributed by atoms with Gasteiger partial charge in [0.15, 0.2) is 0 Å². The van der Waals surface area contributed by atoms with Crippen molar-refractivity contribution in [2.24, 2.45) is 0 Å². The molecular formula is C30H27Cl2FN4O6. The van der Waals surface area contributed by atoms with Gasteiger partial charge in [0.2, 0.25) is 11.7 Å². The number of ether oxygens (including phenoxy) is 2. The minimum atomic E-state index is -1.41. The van der Waals surface area contributed by atoms with E-state index in [9.17, 15) is 9.90 Å². The third-order valence-corrected chi connectivity index (χ3v) is 9.76.